The Hall–Kier alpha value is -3.33. The molecule has 0 aliphatic carbocycles. The van der Waals surface area contributed by atoms with Crippen molar-refractivity contribution in [3.8, 4) is 6.07 Å². The first kappa shape index (κ1) is 17.5. The van der Waals surface area contributed by atoms with E-state index in [1.54, 1.807) is 12.1 Å². The van der Waals surface area contributed by atoms with E-state index >= 15 is 0 Å². The Morgan fingerprint density at radius 2 is 2.08 bits per heavy atom. The number of para-hydroxylation sites is 1. The Balaban J connectivity index is 1.69. The Morgan fingerprint density at radius 1 is 1.27 bits per heavy atom. The lowest BCUT2D eigenvalue weighted by molar-refractivity contribution is 0.0949. The standard InChI is InChI=1S/C20H21N5O/c1-13(2)11-22-19(26)15-6-3-5-14(9-15)12-23-20-24-17-8-4-7-16(10-21)18(17)25-20/h3-9,13H,11-12H2,1-2H3,(H,22,26)(H2,23,24,25). The number of nitriles is 1. The zero-order valence-electron chi connectivity index (χ0n) is 14.8. The predicted molar refractivity (Wildman–Crippen MR) is 102 cm³/mol. The molecule has 0 unspecified atom stereocenters. The van der Waals surface area contributed by atoms with E-state index in [2.05, 4.69) is 40.5 Å². The summed E-state index contributed by atoms with van der Waals surface area (Å²) < 4.78 is 0. The van der Waals surface area contributed by atoms with Crippen molar-refractivity contribution >= 4 is 22.9 Å². The van der Waals surface area contributed by atoms with Gasteiger partial charge in [0.25, 0.3) is 5.91 Å². The van der Waals surface area contributed by atoms with Crippen LogP contribution in [-0.2, 0) is 6.54 Å². The fourth-order valence-corrected chi connectivity index (χ4v) is 2.61. The lowest BCUT2D eigenvalue weighted by Gasteiger charge is -2.09. The lowest BCUT2D eigenvalue weighted by atomic mass is 10.1. The van der Waals surface area contributed by atoms with Crippen LogP contribution < -0.4 is 10.6 Å². The van der Waals surface area contributed by atoms with Crippen molar-refractivity contribution in [2.45, 2.75) is 20.4 Å². The number of hydrogen-bond acceptors (Lipinski definition) is 4. The van der Waals surface area contributed by atoms with Gasteiger partial charge in [0.2, 0.25) is 5.95 Å². The Kier molecular flexibility index (Phi) is 5.18. The van der Waals surface area contributed by atoms with Crippen molar-refractivity contribution in [2.75, 3.05) is 11.9 Å². The van der Waals surface area contributed by atoms with Crippen LogP contribution in [0.2, 0.25) is 0 Å². The van der Waals surface area contributed by atoms with Gasteiger partial charge in [-0.05, 0) is 35.7 Å². The van der Waals surface area contributed by atoms with Gasteiger partial charge in [-0.1, -0.05) is 32.0 Å². The van der Waals surface area contributed by atoms with Gasteiger partial charge < -0.3 is 15.6 Å². The van der Waals surface area contributed by atoms with E-state index < -0.39 is 0 Å². The van der Waals surface area contributed by atoms with E-state index in [0.717, 1.165) is 11.1 Å². The summed E-state index contributed by atoms with van der Waals surface area (Å²) in [5.74, 6) is 0.940. The van der Waals surface area contributed by atoms with E-state index in [1.165, 1.54) is 0 Å². The second-order valence-corrected chi connectivity index (χ2v) is 6.56. The Morgan fingerprint density at radius 3 is 2.85 bits per heavy atom. The fourth-order valence-electron chi connectivity index (χ4n) is 2.61. The largest absolute Gasteiger partial charge is 0.352 e. The minimum Gasteiger partial charge on any atom is -0.352 e. The second-order valence-electron chi connectivity index (χ2n) is 6.56. The minimum atomic E-state index is -0.0667. The number of aromatic nitrogens is 2. The predicted octanol–water partition coefficient (Wildman–Crippen LogP) is 3.43. The third-order valence-electron chi connectivity index (χ3n) is 3.95. The molecule has 1 aromatic heterocycles. The number of aromatic amines is 1. The van der Waals surface area contributed by atoms with Gasteiger partial charge in [-0.15, -0.1) is 0 Å². The zero-order valence-corrected chi connectivity index (χ0v) is 14.8. The summed E-state index contributed by atoms with van der Waals surface area (Å²) in [4.78, 5) is 19.8. The van der Waals surface area contributed by atoms with Crippen molar-refractivity contribution in [3.05, 3.63) is 59.2 Å². The van der Waals surface area contributed by atoms with Crippen molar-refractivity contribution < 1.29 is 4.79 Å². The molecular weight excluding hydrogens is 326 g/mol. The molecule has 6 heteroatoms. The van der Waals surface area contributed by atoms with Crippen molar-refractivity contribution in [2.24, 2.45) is 5.92 Å². The maximum Gasteiger partial charge on any atom is 0.251 e. The lowest BCUT2D eigenvalue weighted by Crippen LogP contribution is -2.27. The number of carbonyl (C=O) groups is 1. The molecule has 3 aromatic rings. The molecule has 0 fully saturated rings. The number of rotatable bonds is 6. The molecule has 3 rings (SSSR count). The molecule has 0 saturated heterocycles. The number of nitrogens with one attached hydrogen (secondary N) is 3. The summed E-state index contributed by atoms with van der Waals surface area (Å²) in [6, 6.07) is 15.1. The number of carbonyl (C=O) groups excluding carboxylic acids is 1. The molecule has 1 heterocycles. The zero-order chi connectivity index (χ0) is 18.5. The van der Waals surface area contributed by atoms with Crippen LogP contribution in [0.25, 0.3) is 11.0 Å². The third kappa shape index (κ3) is 4.01. The maximum absolute atomic E-state index is 12.2. The molecule has 0 spiro atoms. The molecule has 0 aliphatic rings. The van der Waals surface area contributed by atoms with E-state index in [1.807, 2.05) is 30.3 Å². The fraction of sp³-hybridized carbons (Fsp3) is 0.250. The highest BCUT2D eigenvalue weighted by Crippen LogP contribution is 2.18. The van der Waals surface area contributed by atoms with Crippen LogP contribution in [0.15, 0.2) is 42.5 Å². The highest BCUT2D eigenvalue weighted by atomic mass is 16.1. The van der Waals surface area contributed by atoms with Gasteiger partial charge in [0.05, 0.1) is 11.1 Å². The molecule has 2 aromatic carbocycles. The van der Waals surface area contributed by atoms with Gasteiger partial charge in [0.15, 0.2) is 0 Å². The van der Waals surface area contributed by atoms with Crippen LogP contribution in [0, 0.1) is 17.2 Å². The topological polar surface area (TPSA) is 93.6 Å². The monoisotopic (exact) mass is 347 g/mol. The van der Waals surface area contributed by atoms with Gasteiger partial charge >= 0.3 is 0 Å². The first-order chi connectivity index (χ1) is 12.6. The second kappa shape index (κ2) is 7.70. The van der Waals surface area contributed by atoms with E-state index in [-0.39, 0.29) is 5.91 Å². The minimum absolute atomic E-state index is 0.0667. The van der Waals surface area contributed by atoms with E-state index in [4.69, 9.17) is 5.26 Å². The molecule has 0 atom stereocenters. The molecular formula is C20H21N5O. The number of hydrogen-bond donors (Lipinski definition) is 3. The van der Waals surface area contributed by atoms with Crippen LogP contribution in [0.4, 0.5) is 5.95 Å². The van der Waals surface area contributed by atoms with Crippen LogP contribution in [0.1, 0.15) is 35.3 Å². The first-order valence-electron chi connectivity index (χ1n) is 8.56. The molecule has 26 heavy (non-hydrogen) atoms. The summed E-state index contributed by atoms with van der Waals surface area (Å²) in [6.07, 6.45) is 0. The van der Waals surface area contributed by atoms with Gasteiger partial charge in [-0.2, -0.15) is 5.26 Å². The average molecular weight is 347 g/mol. The van der Waals surface area contributed by atoms with Crippen LogP contribution in [0.5, 0.6) is 0 Å². The maximum atomic E-state index is 12.2. The molecule has 6 nitrogen and oxygen atoms in total. The van der Waals surface area contributed by atoms with Crippen molar-refractivity contribution in [3.63, 3.8) is 0 Å². The van der Waals surface area contributed by atoms with Gasteiger partial charge in [0, 0.05) is 18.7 Å². The van der Waals surface area contributed by atoms with Gasteiger partial charge in [-0.25, -0.2) is 4.98 Å². The molecule has 0 saturated carbocycles. The van der Waals surface area contributed by atoms with Crippen LogP contribution in [0.3, 0.4) is 0 Å². The van der Waals surface area contributed by atoms with Gasteiger partial charge in [-0.3, -0.25) is 4.79 Å². The quantitative estimate of drug-likeness (QED) is 0.637. The SMILES string of the molecule is CC(C)CNC(=O)c1cccc(CNc2nc3c(C#N)cccc3[nH]2)c1. The molecule has 0 aliphatic heterocycles. The summed E-state index contributed by atoms with van der Waals surface area (Å²) in [6.45, 7) is 5.30. The summed E-state index contributed by atoms with van der Waals surface area (Å²) in [7, 11) is 0. The highest BCUT2D eigenvalue weighted by molar-refractivity contribution is 5.94. The number of anilines is 1. The summed E-state index contributed by atoms with van der Waals surface area (Å²) >= 11 is 0. The molecule has 0 bridgehead atoms. The van der Waals surface area contributed by atoms with E-state index in [0.29, 0.717) is 41.6 Å². The number of H-pyrrole nitrogens is 1. The first-order valence-corrected chi connectivity index (χ1v) is 8.56. The molecule has 0 radical (unpaired) electrons. The number of imidazole rings is 1. The number of nitrogens with zero attached hydrogens (tertiary/aromatic N) is 2. The molecule has 1 amide bonds. The molecule has 132 valence electrons. The van der Waals surface area contributed by atoms with Gasteiger partial charge in [0.1, 0.15) is 11.6 Å². The highest BCUT2D eigenvalue weighted by Gasteiger charge is 2.09. The van der Waals surface area contributed by atoms with Crippen molar-refractivity contribution in [1.82, 2.24) is 15.3 Å². The molecule has 3 N–H and O–H groups in total. The smallest absolute Gasteiger partial charge is 0.251 e. The normalized spacial score (nSPS) is 10.7. The summed E-state index contributed by atoms with van der Waals surface area (Å²) in [5, 5.41) is 15.3. The summed E-state index contributed by atoms with van der Waals surface area (Å²) in [5.41, 5.74) is 3.62. The average Bonchev–Trinajstić information content (AvgIpc) is 3.07. The Labute approximate surface area is 152 Å². The number of amides is 1. The Bertz CT molecular complexity index is 968. The van der Waals surface area contributed by atoms with Crippen LogP contribution >= 0.6 is 0 Å². The number of fused-ring (bicyclic) bond motifs is 1. The van der Waals surface area contributed by atoms with E-state index in [9.17, 15) is 4.79 Å². The number of benzene rings is 2. The van der Waals surface area contributed by atoms with Crippen LogP contribution in [-0.4, -0.2) is 22.4 Å². The van der Waals surface area contributed by atoms with Crippen molar-refractivity contribution in [1.29, 1.82) is 5.26 Å². The third-order valence-corrected chi connectivity index (χ3v) is 3.95.